The molecule has 0 aliphatic rings. The summed E-state index contributed by atoms with van der Waals surface area (Å²) < 4.78 is 11.3. The van der Waals surface area contributed by atoms with Crippen molar-refractivity contribution < 1.29 is 4.42 Å². The molecule has 0 N–H and O–H groups in total. The molecule has 8 aromatic carbocycles. The molecule has 0 bridgehead atoms. The lowest BCUT2D eigenvalue weighted by Crippen LogP contribution is -2.01. The number of hydrogen-bond acceptors (Lipinski definition) is 4. The number of furan rings is 1. The molecule has 6 heteroatoms. The standard InChI is InChI=1S/C51H31N5O/c1-3-15-32(16-4-1)49-52-50(54-51(53-49)40-23-13-22-38-37-20-9-12-28-46(37)57-48(38)40)33-29-30-36-35-19-7-10-24-41(35)56(45(36)31-33)44-27-14-26-43-47(44)39-21-8-11-25-42(39)55(43)34-17-5-2-6-18-34/h1-31H. The topological polar surface area (TPSA) is 61.7 Å². The maximum absolute atomic E-state index is 6.48. The molecular weight excluding hydrogens is 699 g/mol. The van der Waals surface area contributed by atoms with Gasteiger partial charge in [-0.1, -0.05) is 133 Å². The van der Waals surface area contributed by atoms with Crippen LogP contribution in [0.3, 0.4) is 0 Å². The van der Waals surface area contributed by atoms with Gasteiger partial charge < -0.3 is 13.6 Å². The summed E-state index contributed by atoms with van der Waals surface area (Å²) in [6, 6.07) is 65.6. The molecule has 12 aromatic rings. The molecule has 12 rings (SSSR count). The summed E-state index contributed by atoms with van der Waals surface area (Å²) >= 11 is 0. The zero-order valence-electron chi connectivity index (χ0n) is 30.5. The van der Waals surface area contributed by atoms with Gasteiger partial charge in [0, 0.05) is 49.1 Å². The van der Waals surface area contributed by atoms with Crippen LogP contribution in [0.4, 0.5) is 0 Å². The average molecular weight is 730 g/mol. The van der Waals surface area contributed by atoms with Crippen LogP contribution in [0.5, 0.6) is 0 Å². The van der Waals surface area contributed by atoms with Crippen LogP contribution in [0.1, 0.15) is 0 Å². The molecule has 0 radical (unpaired) electrons. The summed E-state index contributed by atoms with van der Waals surface area (Å²) in [5.41, 5.74) is 11.0. The Morgan fingerprint density at radius 1 is 0.368 bits per heavy atom. The highest BCUT2D eigenvalue weighted by molar-refractivity contribution is 6.17. The number of aromatic nitrogens is 5. The van der Waals surface area contributed by atoms with Crippen LogP contribution in [-0.4, -0.2) is 24.1 Å². The summed E-state index contributed by atoms with van der Waals surface area (Å²) in [5, 5.41) is 6.82. The van der Waals surface area contributed by atoms with Crippen molar-refractivity contribution in [2.24, 2.45) is 0 Å². The highest BCUT2D eigenvalue weighted by Crippen LogP contribution is 2.41. The highest BCUT2D eigenvalue weighted by atomic mass is 16.3. The predicted octanol–water partition coefficient (Wildman–Crippen LogP) is 13.0. The third kappa shape index (κ3) is 4.81. The molecule has 0 aliphatic carbocycles. The Hall–Kier alpha value is -7.83. The fourth-order valence-electron chi connectivity index (χ4n) is 8.68. The van der Waals surface area contributed by atoms with Crippen LogP contribution < -0.4 is 0 Å². The normalized spacial score (nSPS) is 11.9. The minimum Gasteiger partial charge on any atom is -0.455 e. The van der Waals surface area contributed by atoms with E-state index >= 15 is 0 Å². The Bertz CT molecular complexity index is 3520. The smallest absolute Gasteiger partial charge is 0.167 e. The first-order chi connectivity index (χ1) is 28.3. The van der Waals surface area contributed by atoms with Gasteiger partial charge in [-0.3, -0.25) is 0 Å². The van der Waals surface area contributed by atoms with E-state index in [1.54, 1.807) is 0 Å². The molecule has 0 saturated carbocycles. The minimum atomic E-state index is 0.558. The van der Waals surface area contributed by atoms with Gasteiger partial charge in [-0.2, -0.15) is 0 Å². The molecule has 4 heterocycles. The second kappa shape index (κ2) is 12.3. The van der Waals surface area contributed by atoms with Gasteiger partial charge in [0.05, 0.1) is 33.3 Å². The Kier molecular flexibility index (Phi) is 6.83. The van der Waals surface area contributed by atoms with Gasteiger partial charge in [0.15, 0.2) is 17.5 Å². The van der Waals surface area contributed by atoms with Gasteiger partial charge in [-0.25, -0.2) is 15.0 Å². The molecule has 0 atom stereocenters. The number of benzene rings is 8. The van der Waals surface area contributed by atoms with Crippen molar-refractivity contribution in [1.29, 1.82) is 0 Å². The summed E-state index contributed by atoms with van der Waals surface area (Å²) in [4.78, 5) is 15.4. The van der Waals surface area contributed by atoms with E-state index in [0.29, 0.717) is 17.5 Å². The first kappa shape index (κ1) is 31.5. The zero-order valence-corrected chi connectivity index (χ0v) is 30.5. The van der Waals surface area contributed by atoms with E-state index in [-0.39, 0.29) is 0 Å². The van der Waals surface area contributed by atoms with Gasteiger partial charge in [-0.15, -0.1) is 0 Å². The molecule has 0 fully saturated rings. The van der Waals surface area contributed by atoms with Crippen LogP contribution >= 0.6 is 0 Å². The minimum absolute atomic E-state index is 0.558. The van der Waals surface area contributed by atoms with Crippen LogP contribution in [-0.2, 0) is 0 Å². The monoisotopic (exact) mass is 729 g/mol. The fraction of sp³-hybridized carbons (Fsp3) is 0. The van der Waals surface area contributed by atoms with Crippen molar-refractivity contribution in [3.63, 3.8) is 0 Å². The molecule has 0 amide bonds. The van der Waals surface area contributed by atoms with Gasteiger partial charge in [0.1, 0.15) is 11.2 Å². The predicted molar refractivity (Wildman–Crippen MR) is 232 cm³/mol. The molecule has 4 aromatic heterocycles. The molecule has 0 saturated heterocycles. The Balaban J connectivity index is 1.12. The van der Waals surface area contributed by atoms with Gasteiger partial charge in [-0.05, 0) is 54.6 Å². The maximum Gasteiger partial charge on any atom is 0.167 e. The average Bonchev–Trinajstić information content (AvgIpc) is 3.94. The summed E-state index contributed by atoms with van der Waals surface area (Å²) in [6.45, 7) is 0. The van der Waals surface area contributed by atoms with Crippen LogP contribution in [0.15, 0.2) is 192 Å². The molecule has 266 valence electrons. The van der Waals surface area contributed by atoms with Crippen LogP contribution in [0.2, 0.25) is 0 Å². The van der Waals surface area contributed by atoms with Crippen LogP contribution in [0, 0.1) is 0 Å². The van der Waals surface area contributed by atoms with E-state index in [1.807, 2.05) is 60.7 Å². The summed E-state index contributed by atoms with van der Waals surface area (Å²) in [5.74, 6) is 1.75. The number of rotatable bonds is 5. The highest BCUT2D eigenvalue weighted by Gasteiger charge is 2.22. The van der Waals surface area contributed by atoms with E-state index in [2.05, 4.69) is 137 Å². The molecule has 6 nitrogen and oxygen atoms in total. The lowest BCUT2D eigenvalue weighted by Gasteiger charge is -2.12. The first-order valence-corrected chi connectivity index (χ1v) is 19.1. The molecule has 0 aliphatic heterocycles. The molecule has 0 unspecified atom stereocenters. The Morgan fingerprint density at radius 2 is 0.965 bits per heavy atom. The lowest BCUT2D eigenvalue weighted by molar-refractivity contribution is 0.669. The van der Waals surface area contributed by atoms with E-state index < -0.39 is 0 Å². The lowest BCUT2D eigenvalue weighted by atomic mass is 10.1. The van der Waals surface area contributed by atoms with E-state index in [9.17, 15) is 0 Å². The van der Waals surface area contributed by atoms with Crippen molar-refractivity contribution in [1.82, 2.24) is 24.1 Å². The van der Waals surface area contributed by atoms with Crippen LogP contribution in [0.25, 0.3) is 111 Å². The summed E-state index contributed by atoms with van der Waals surface area (Å²) in [7, 11) is 0. The second-order valence-electron chi connectivity index (χ2n) is 14.4. The summed E-state index contributed by atoms with van der Waals surface area (Å²) in [6.07, 6.45) is 0. The van der Waals surface area contributed by atoms with Crippen molar-refractivity contribution in [2.45, 2.75) is 0 Å². The largest absolute Gasteiger partial charge is 0.455 e. The molecule has 0 spiro atoms. The maximum atomic E-state index is 6.48. The third-order valence-electron chi connectivity index (χ3n) is 11.2. The van der Waals surface area contributed by atoms with Gasteiger partial charge in [0.2, 0.25) is 0 Å². The number of nitrogens with zero attached hydrogens (tertiary/aromatic N) is 5. The molecular formula is C51H31N5O. The Morgan fingerprint density at radius 3 is 1.79 bits per heavy atom. The van der Waals surface area contributed by atoms with Crippen molar-refractivity contribution >= 4 is 65.6 Å². The fourth-order valence-corrected chi connectivity index (χ4v) is 8.68. The quantitative estimate of drug-likeness (QED) is 0.177. The molecule has 57 heavy (non-hydrogen) atoms. The van der Waals surface area contributed by atoms with Crippen molar-refractivity contribution in [3.8, 4) is 45.5 Å². The van der Waals surface area contributed by atoms with Gasteiger partial charge in [0.25, 0.3) is 0 Å². The van der Waals surface area contributed by atoms with Crippen molar-refractivity contribution in [3.05, 3.63) is 188 Å². The van der Waals surface area contributed by atoms with E-state index in [4.69, 9.17) is 19.4 Å². The Labute approximate surface area is 326 Å². The SMILES string of the molecule is c1ccc(-c2nc(-c3ccc4c5ccccc5n(-c5cccc6c5c5ccccc5n6-c5ccccc5)c4c3)nc(-c3cccc4c3oc3ccccc34)n2)cc1. The third-order valence-corrected chi connectivity index (χ3v) is 11.2. The van der Waals surface area contributed by atoms with Gasteiger partial charge >= 0.3 is 0 Å². The number of para-hydroxylation sites is 5. The van der Waals surface area contributed by atoms with E-state index in [0.717, 1.165) is 71.9 Å². The number of hydrogen-bond donors (Lipinski definition) is 0. The first-order valence-electron chi connectivity index (χ1n) is 19.1. The number of fused-ring (bicyclic) bond motifs is 9. The van der Waals surface area contributed by atoms with E-state index in [1.165, 1.54) is 21.7 Å². The second-order valence-corrected chi connectivity index (χ2v) is 14.4. The van der Waals surface area contributed by atoms with Crippen molar-refractivity contribution in [2.75, 3.05) is 0 Å². The zero-order chi connectivity index (χ0) is 37.5.